The zero-order valence-corrected chi connectivity index (χ0v) is 9.48. The van der Waals surface area contributed by atoms with Gasteiger partial charge in [-0.3, -0.25) is 14.5 Å². The van der Waals surface area contributed by atoms with Gasteiger partial charge < -0.3 is 9.64 Å². The Labute approximate surface area is 95.3 Å². The number of ether oxygens (including phenoxy) is 1. The number of carbonyl (C=O) groups is 2. The Morgan fingerprint density at radius 1 is 1.12 bits per heavy atom. The normalized spacial score (nSPS) is 23.5. The Kier molecular flexibility index (Phi) is 3.90. The molecule has 0 radical (unpaired) electrons. The molecule has 2 saturated heterocycles. The maximum absolute atomic E-state index is 11.9. The molecule has 5 nitrogen and oxygen atoms in total. The first-order valence-corrected chi connectivity index (χ1v) is 5.85. The van der Waals surface area contributed by atoms with E-state index in [1.54, 1.807) is 0 Å². The maximum atomic E-state index is 11.9. The number of amides is 1. The van der Waals surface area contributed by atoms with Gasteiger partial charge in [-0.1, -0.05) is 0 Å². The molecule has 2 fully saturated rings. The van der Waals surface area contributed by atoms with E-state index in [0.29, 0.717) is 51.5 Å². The fraction of sp³-hybridized carbons (Fsp3) is 0.818. The molecular weight excluding hydrogens is 208 g/mol. The SMILES string of the molecule is O=C1CCN(CC(=O)N2CCOCC2)CC1. The van der Waals surface area contributed by atoms with Crippen molar-refractivity contribution in [2.45, 2.75) is 12.8 Å². The molecule has 0 aromatic carbocycles. The summed E-state index contributed by atoms with van der Waals surface area (Å²) >= 11 is 0. The van der Waals surface area contributed by atoms with Crippen LogP contribution in [-0.2, 0) is 14.3 Å². The van der Waals surface area contributed by atoms with Gasteiger partial charge in [-0.15, -0.1) is 0 Å². The largest absolute Gasteiger partial charge is 0.378 e. The van der Waals surface area contributed by atoms with E-state index < -0.39 is 0 Å². The van der Waals surface area contributed by atoms with Gasteiger partial charge in [0.25, 0.3) is 0 Å². The summed E-state index contributed by atoms with van der Waals surface area (Å²) in [4.78, 5) is 26.9. The summed E-state index contributed by atoms with van der Waals surface area (Å²) in [6, 6.07) is 0. The molecular formula is C11H18N2O3. The molecule has 2 heterocycles. The minimum atomic E-state index is 0.164. The number of nitrogens with zero attached hydrogens (tertiary/aromatic N) is 2. The fourth-order valence-corrected chi connectivity index (χ4v) is 2.06. The van der Waals surface area contributed by atoms with Crippen molar-refractivity contribution in [1.29, 1.82) is 0 Å². The summed E-state index contributed by atoms with van der Waals surface area (Å²) in [6.07, 6.45) is 1.19. The van der Waals surface area contributed by atoms with Crippen LogP contribution in [0.1, 0.15) is 12.8 Å². The van der Waals surface area contributed by atoms with Crippen LogP contribution in [0.3, 0.4) is 0 Å². The van der Waals surface area contributed by atoms with Crippen LogP contribution in [0.2, 0.25) is 0 Å². The third-order valence-electron chi connectivity index (χ3n) is 3.14. The smallest absolute Gasteiger partial charge is 0.236 e. The molecule has 0 saturated carbocycles. The first-order chi connectivity index (χ1) is 7.75. The first kappa shape index (κ1) is 11.5. The molecule has 1 amide bonds. The van der Waals surface area contributed by atoms with Crippen molar-refractivity contribution >= 4 is 11.7 Å². The highest BCUT2D eigenvalue weighted by Crippen LogP contribution is 2.06. The second kappa shape index (κ2) is 5.41. The van der Waals surface area contributed by atoms with Crippen molar-refractivity contribution in [1.82, 2.24) is 9.80 Å². The summed E-state index contributed by atoms with van der Waals surface area (Å²) in [5.41, 5.74) is 0. The van der Waals surface area contributed by atoms with E-state index in [4.69, 9.17) is 4.74 Å². The minimum absolute atomic E-state index is 0.164. The van der Waals surface area contributed by atoms with Crippen molar-refractivity contribution in [3.8, 4) is 0 Å². The van der Waals surface area contributed by atoms with Crippen LogP contribution in [0.15, 0.2) is 0 Å². The quantitative estimate of drug-likeness (QED) is 0.637. The van der Waals surface area contributed by atoms with Crippen LogP contribution in [0.25, 0.3) is 0 Å². The lowest BCUT2D eigenvalue weighted by Gasteiger charge is -2.31. The van der Waals surface area contributed by atoms with Gasteiger partial charge in [0.2, 0.25) is 5.91 Å². The molecule has 0 aromatic heterocycles. The number of carbonyl (C=O) groups excluding carboxylic acids is 2. The lowest BCUT2D eigenvalue weighted by molar-refractivity contribution is -0.137. The van der Waals surface area contributed by atoms with Gasteiger partial charge >= 0.3 is 0 Å². The maximum Gasteiger partial charge on any atom is 0.236 e. The van der Waals surface area contributed by atoms with E-state index in [1.807, 2.05) is 4.90 Å². The molecule has 2 aliphatic rings. The topological polar surface area (TPSA) is 49.9 Å². The second-order valence-corrected chi connectivity index (χ2v) is 4.31. The van der Waals surface area contributed by atoms with Crippen LogP contribution in [0.5, 0.6) is 0 Å². The first-order valence-electron chi connectivity index (χ1n) is 5.85. The summed E-state index contributed by atoms with van der Waals surface area (Å²) in [6.45, 7) is 4.60. The zero-order chi connectivity index (χ0) is 11.4. The molecule has 0 aliphatic carbocycles. The van der Waals surface area contributed by atoms with Crippen molar-refractivity contribution in [2.24, 2.45) is 0 Å². The number of rotatable bonds is 2. The van der Waals surface area contributed by atoms with Crippen LogP contribution >= 0.6 is 0 Å². The van der Waals surface area contributed by atoms with E-state index in [-0.39, 0.29) is 5.91 Å². The Morgan fingerprint density at radius 2 is 1.75 bits per heavy atom. The fourth-order valence-electron chi connectivity index (χ4n) is 2.06. The number of hydrogen-bond acceptors (Lipinski definition) is 4. The highest BCUT2D eigenvalue weighted by molar-refractivity contribution is 5.81. The molecule has 0 atom stereocenters. The zero-order valence-electron chi connectivity index (χ0n) is 9.48. The van der Waals surface area contributed by atoms with E-state index in [2.05, 4.69) is 4.90 Å². The number of piperidine rings is 1. The van der Waals surface area contributed by atoms with E-state index >= 15 is 0 Å². The molecule has 0 spiro atoms. The van der Waals surface area contributed by atoms with Gasteiger partial charge in [0, 0.05) is 39.0 Å². The molecule has 16 heavy (non-hydrogen) atoms. The van der Waals surface area contributed by atoms with Gasteiger partial charge in [0.05, 0.1) is 19.8 Å². The van der Waals surface area contributed by atoms with E-state index in [9.17, 15) is 9.59 Å². The highest BCUT2D eigenvalue weighted by atomic mass is 16.5. The monoisotopic (exact) mass is 226 g/mol. The summed E-state index contributed by atoms with van der Waals surface area (Å²) in [7, 11) is 0. The molecule has 0 bridgehead atoms. The summed E-state index contributed by atoms with van der Waals surface area (Å²) in [5, 5.41) is 0. The lowest BCUT2D eigenvalue weighted by Crippen LogP contribution is -2.47. The number of morpholine rings is 1. The number of likely N-dealkylation sites (tertiary alicyclic amines) is 1. The van der Waals surface area contributed by atoms with Gasteiger partial charge in [-0.25, -0.2) is 0 Å². The van der Waals surface area contributed by atoms with Crippen molar-refractivity contribution in [3.63, 3.8) is 0 Å². The van der Waals surface area contributed by atoms with Crippen LogP contribution in [-0.4, -0.2) is 67.4 Å². The molecule has 0 aromatic rings. The van der Waals surface area contributed by atoms with Crippen LogP contribution < -0.4 is 0 Å². The summed E-state index contributed by atoms with van der Waals surface area (Å²) in [5.74, 6) is 0.479. The molecule has 5 heteroatoms. The Bertz CT molecular complexity index is 264. The van der Waals surface area contributed by atoms with Gasteiger partial charge in [0.15, 0.2) is 0 Å². The predicted molar refractivity (Wildman–Crippen MR) is 58.1 cm³/mol. The lowest BCUT2D eigenvalue weighted by atomic mass is 10.1. The average molecular weight is 226 g/mol. The molecule has 2 rings (SSSR count). The second-order valence-electron chi connectivity index (χ2n) is 4.31. The molecule has 0 N–H and O–H groups in total. The van der Waals surface area contributed by atoms with Gasteiger partial charge in [-0.2, -0.15) is 0 Å². The number of hydrogen-bond donors (Lipinski definition) is 0. The van der Waals surface area contributed by atoms with Gasteiger partial charge in [0.1, 0.15) is 5.78 Å². The molecule has 90 valence electrons. The third-order valence-corrected chi connectivity index (χ3v) is 3.14. The van der Waals surface area contributed by atoms with Crippen LogP contribution in [0, 0.1) is 0 Å². The Morgan fingerprint density at radius 3 is 2.38 bits per heavy atom. The van der Waals surface area contributed by atoms with Crippen molar-refractivity contribution in [2.75, 3.05) is 45.9 Å². The number of ketones is 1. The number of Topliss-reactive ketones (excluding diaryl/α,β-unsaturated/α-hetero) is 1. The van der Waals surface area contributed by atoms with Crippen molar-refractivity contribution < 1.29 is 14.3 Å². The standard InChI is InChI=1S/C11H18N2O3/c14-10-1-3-12(4-2-10)9-11(15)13-5-7-16-8-6-13/h1-9H2. The Balaban J connectivity index is 1.75. The van der Waals surface area contributed by atoms with E-state index in [0.717, 1.165) is 13.1 Å². The highest BCUT2D eigenvalue weighted by Gasteiger charge is 2.22. The van der Waals surface area contributed by atoms with Crippen molar-refractivity contribution in [3.05, 3.63) is 0 Å². The van der Waals surface area contributed by atoms with E-state index in [1.165, 1.54) is 0 Å². The predicted octanol–water partition coefficient (Wildman–Crippen LogP) is -0.490. The third kappa shape index (κ3) is 3.02. The Hall–Kier alpha value is -0.940. The van der Waals surface area contributed by atoms with Crippen LogP contribution in [0.4, 0.5) is 0 Å². The minimum Gasteiger partial charge on any atom is -0.378 e. The van der Waals surface area contributed by atoms with Gasteiger partial charge in [-0.05, 0) is 0 Å². The molecule has 2 aliphatic heterocycles. The summed E-state index contributed by atoms with van der Waals surface area (Å²) < 4.78 is 5.20. The molecule has 0 unspecified atom stereocenters. The average Bonchev–Trinajstić information content (AvgIpc) is 2.33.